The zero-order valence-corrected chi connectivity index (χ0v) is 13.3. The molecule has 1 aliphatic rings. The second-order valence-electron chi connectivity index (χ2n) is 5.17. The number of carbonyl (C=O) groups is 2. The zero-order valence-electron chi connectivity index (χ0n) is 12.6. The fourth-order valence-electron chi connectivity index (χ4n) is 2.42. The van der Waals surface area contributed by atoms with Gasteiger partial charge in [0.1, 0.15) is 5.75 Å². The highest BCUT2D eigenvalue weighted by Crippen LogP contribution is 2.19. The number of rotatable bonds is 5. The number of hydrogen-bond donors (Lipinski definition) is 0. The Labute approximate surface area is 135 Å². The summed E-state index contributed by atoms with van der Waals surface area (Å²) in [6, 6.07) is 6.85. The fraction of sp³-hybridized carbons (Fsp3) is 0.500. The van der Waals surface area contributed by atoms with E-state index >= 15 is 0 Å². The minimum absolute atomic E-state index is 0.0445. The van der Waals surface area contributed by atoms with Crippen molar-refractivity contribution < 1.29 is 19.1 Å². The number of ether oxygens (including phenoxy) is 2. The summed E-state index contributed by atoms with van der Waals surface area (Å²) in [6.07, 6.45) is 1.57. The van der Waals surface area contributed by atoms with Crippen LogP contribution in [0.1, 0.15) is 19.8 Å². The van der Waals surface area contributed by atoms with Crippen LogP contribution in [0.5, 0.6) is 5.75 Å². The molecule has 1 aliphatic heterocycles. The van der Waals surface area contributed by atoms with Gasteiger partial charge < -0.3 is 14.4 Å². The molecule has 1 aromatic carbocycles. The summed E-state index contributed by atoms with van der Waals surface area (Å²) >= 11 is 5.79. The number of amides is 1. The molecule has 1 amide bonds. The van der Waals surface area contributed by atoms with E-state index in [9.17, 15) is 9.59 Å². The first kappa shape index (κ1) is 16.6. The molecule has 0 unspecified atom stereocenters. The first-order valence-electron chi connectivity index (χ1n) is 7.43. The first-order valence-corrected chi connectivity index (χ1v) is 7.80. The van der Waals surface area contributed by atoms with Gasteiger partial charge in [0, 0.05) is 18.1 Å². The Morgan fingerprint density at radius 1 is 1.32 bits per heavy atom. The first-order chi connectivity index (χ1) is 10.6. The van der Waals surface area contributed by atoms with E-state index < -0.39 is 0 Å². The maximum Gasteiger partial charge on any atom is 0.310 e. The summed E-state index contributed by atoms with van der Waals surface area (Å²) in [5.41, 5.74) is 0. The van der Waals surface area contributed by atoms with Gasteiger partial charge in [-0.05, 0) is 44.0 Å². The lowest BCUT2D eigenvalue weighted by atomic mass is 9.98. The van der Waals surface area contributed by atoms with Gasteiger partial charge in [0.15, 0.2) is 6.61 Å². The number of carbonyl (C=O) groups excluding carboxylic acids is 2. The SMILES string of the molecule is CCOC(=O)[C@H]1CCCN(C(=O)COc2ccc(Cl)cc2)C1. The molecule has 1 atom stereocenters. The lowest BCUT2D eigenvalue weighted by molar-refractivity contribution is -0.151. The van der Waals surface area contributed by atoms with E-state index in [4.69, 9.17) is 21.1 Å². The Morgan fingerprint density at radius 2 is 2.05 bits per heavy atom. The Kier molecular flexibility index (Phi) is 6.07. The molecule has 0 bridgehead atoms. The summed E-state index contributed by atoms with van der Waals surface area (Å²) < 4.78 is 10.5. The van der Waals surface area contributed by atoms with E-state index in [2.05, 4.69) is 0 Å². The number of benzene rings is 1. The maximum absolute atomic E-state index is 12.2. The van der Waals surface area contributed by atoms with E-state index in [1.54, 1.807) is 36.1 Å². The summed E-state index contributed by atoms with van der Waals surface area (Å²) in [5, 5.41) is 0.618. The third-order valence-electron chi connectivity index (χ3n) is 3.57. The average molecular weight is 326 g/mol. The number of esters is 1. The molecule has 0 saturated carbocycles. The average Bonchev–Trinajstić information content (AvgIpc) is 2.54. The molecule has 6 heteroatoms. The van der Waals surface area contributed by atoms with Crippen LogP contribution in [-0.2, 0) is 14.3 Å². The van der Waals surface area contributed by atoms with Crippen molar-refractivity contribution in [2.45, 2.75) is 19.8 Å². The number of hydrogen-bond acceptors (Lipinski definition) is 4. The van der Waals surface area contributed by atoms with E-state index in [0.717, 1.165) is 12.8 Å². The van der Waals surface area contributed by atoms with E-state index in [0.29, 0.717) is 30.5 Å². The topological polar surface area (TPSA) is 55.8 Å². The van der Waals surface area contributed by atoms with Crippen molar-refractivity contribution >= 4 is 23.5 Å². The summed E-state index contributed by atoms with van der Waals surface area (Å²) in [5.74, 6) is 0.0208. The van der Waals surface area contributed by atoms with Gasteiger partial charge in [0.25, 0.3) is 5.91 Å². The van der Waals surface area contributed by atoms with E-state index in [1.807, 2.05) is 0 Å². The minimum Gasteiger partial charge on any atom is -0.484 e. The maximum atomic E-state index is 12.2. The largest absolute Gasteiger partial charge is 0.484 e. The van der Waals surface area contributed by atoms with Crippen LogP contribution < -0.4 is 4.74 Å². The highest BCUT2D eigenvalue weighted by Gasteiger charge is 2.29. The minimum atomic E-state index is -0.229. The van der Waals surface area contributed by atoms with Crippen LogP contribution in [0.25, 0.3) is 0 Å². The monoisotopic (exact) mass is 325 g/mol. The highest BCUT2D eigenvalue weighted by atomic mass is 35.5. The standard InChI is InChI=1S/C16H20ClNO4/c1-2-21-16(20)12-4-3-9-18(10-12)15(19)11-22-14-7-5-13(17)6-8-14/h5-8,12H,2-4,9-11H2,1H3/t12-/m0/s1. The third kappa shape index (κ3) is 4.63. The molecular formula is C16H20ClNO4. The van der Waals surface area contributed by atoms with Crippen molar-refractivity contribution in [3.8, 4) is 5.75 Å². The molecule has 2 rings (SSSR count). The van der Waals surface area contributed by atoms with Crippen LogP contribution in [0.2, 0.25) is 5.02 Å². The summed E-state index contributed by atoms with van der Waals surface area (Å²) in [7, 11) is 0. The zero-order chi connectivity index (χ0) is 15.9. The van der Waals surface area contributed by atoms with E-state index in [1.165, 1.54) is 0 Å². The molecule has 0 radical (unpaired) electrons. The quantitative estimate of drug-likeness (QED) is 0.781. The smallest absolute Gasteiger partial charge is 0.310 e. The van der Waals surface area contributed by atoms with Crippen molar-refractivity contribution in [3.63, 3.8) is 0 Å². The Balaban J connectivity index is 1.83. The number of halogens is 1. The molecule has 1 aromatic rings. The van der Waals surface area contributed by atoms with Gasteiger partial charge in [0.2, 0.25) is 0 Å². The van der Waals surface area contributed by atoms with Crippen LogP contribution >= 0.6 is 11.6 Å². The van der Waals surface area contributed by atoms with Crippen LogP contribution in [0.4, 0.5) is 0 Å². The van der Waals surface area contributed by atoms with Crippen LogP contribution in [0.15, 0.2) is 24.3 Å². The predicted octanol–water partition coefficient (Wildman–Crippen LogP) is 2.52. The Bertz CT molecular complexity index is 517. The van der Waals surface area contributed by atoms with Gasteiger partial charge in [-0.25, -0.2) is 0 Å². The normalized spacial score (nSPS) is 17.9. The molecule has 1 heterocycles. The molecular weight excluding hydrogens is 306 g/mol. The molecule has 1 fully saturated rings. The third-order valence-corrected chi connectivity index (χ3v) is 3.82. The van der Waals surface area contributed by atoms with Gasteiger partial charge in [-0.1, -0.05) is 11.6 Å². The molecule has 0 aliphatic carbocycles. The fourth-order valence-corrected chi connectivity index (χ4v) is 2.55. The molecule has 0 N–H and O–H groups in total. The van der Waals surface area contributed by atoms with Crippen molar-refractivity contribution in [1.29, 1.82) is 0 Å². The van der Waals surface area contributed by atoms with Crippen molar-refractivity contribution in [2.75, 3.05) is 26.3 Å². The van der Waals surface area contributed by atoms with Gasteiger partial charge in [-0.2, -0.15) is 0 Å². The van der Waals surface area contributed by atoms with Gasteiger partial charge in [0.05, 0.1) is 12.5 Å². The van der Waals surface area contributed by atoms with Crippen LogP contribution in [0, 0.1) is 5.92 Å². The van der Waals surface area contributed by atoms with Gasteiger partial charge >= 0.3 is 5.97 Å². The Morgan fingerprint density at radius 3 is 2.73 bits per heavy atom. The predicted molar refractivity (Wildman–Crippen MR) is 82.9 cm³/mol. The van der Waals surface area contributed by atoms with Gasteiger partial charge in [-0.15, -0.1) is 0 Å². The van der Waals surface area contributed by atoms with Crippen molar-refractivity contribution in [2.24, 2.45) is 5.92 Å². The van der Waals surface area contributed by atoms with Crippen LogP contribution in [0.3, 0.4) is 0 Å². The summed E-state index contributed by atoms with van der Waals surface area (Å²) in [6.45, 7) is 3.16. The van der Waals surface area contributed by atoms with Crippen LogP contribution in [-0.4, -0.2) is 43.1 Å². The molecule has 0 aromatic heterocycles. The molecule has 22 heavy (non-hydrogen) atoms. The Hall–Kier alpha value is -1.75. The number of piperidine rings is 1. The van der Waals surface area contributed by atoms with E-state index in [-0.39, 0.29) is 24.4 Å². The van der Waals surface area contributed by atoms with Crippen molar-refractivity contribution in [3.05, 3.63) is 29.3 Å². The second-order valence-corrected chi connectivity index (χ2v) is 5.61. The molecule has 1 saturated heterocycles. The molecule has 5 nitrogen and oxygen atoms in total. The lowest BCUT2D eigenvalue weighted by Crippen LogP contribution is -2.44. The van der Waals surface area contributed by atoms with Crippen molar-refractivity contribution in [1.82, 2.24) is 4.90 Å². The second kappa shape index (κ2) is 8.03. The number of nitrogens with zero attached hydrogens (tertiary/aromatic N) is 1. The lowest BCUT2D eigenvalue weighted by Gasteiger charge is -2.31. The van der Waals surface area contributed by atoms with Gasteiger partial charge in [-0.3, -0.25) is 9.59 Å². The molecule has 120 valence electrons. The number of likely N-dealkylation sites (tertiary alicyclic amines) is 1. The molecule has 0 spiro atoms. The summed E-state index contributed by atoms with van der Waals surface area (Å²) in [4.78, 5) is 25.6. The highest BCUT2D eigenvalue weighted by molar-refractivity contribution is 6.30.